The van der Waals surface area contributed by atoms with Crippen LogP contribution in [0.4, 0.5) is 0 Å². The molecule has 0 aliphatic rings. The van der Waals surface area contributed by atoms with E-state index in [0.29, 0.717) is 12.8 Å². The van der Waals surface area contributed by atoms with Crippen LogP contribution >= 0.6 is 7.82 Å². The molecule has 56 heavy (non-hydrogen) atoms. The summed E-state index contributed by atoms with van der Waals surface area (Å²) in [4.78, 5) is 33.9. The third-order valence-electron chi connectivity index (χ3n) is 8.86. The number of aliphatic hydroxyl groups excluding tert-OH is 1. The number of phosphoric acid groups is 1. The van der Waals surface area contributed by atoms with Gasteiger partial charge < -0.3 is 20.1 Å². The summed E-state index contributed by atoms with van der Waals surface area (Å²) in [6, 6.07) is 0. The first-order valence-electron chi connectivity index (χ1n) is 21.9. The zero-order valence-corrected chi connectivity index (χ0v) is 36.2. The van der Waals surface area contributed by atoms with Crippen molar-refractivity contribution in [2.24, 2.45) is 0 Å². The summed E-state index contributed by atoms with van der Waals surface area (Å²) < 4.78 is 26.8. The molecule has 0 aromatic rings. The predicted molar refractivity (Wildman–Crippen MR) is 233 cm³/mol. The first-order valence-corrected chi connectivity index (χ1v) is 23.4. The van der Waals surface area contributed by atoms with E-state index in [-0.39, 0.29) is 32.1 Å². The smallest absolute Gasteiger partial charge is 0.463 e. The molecule has 0 aromatic carbocycles. The number of esters is 1. The van der Waals surface area contributed by atoms with Gasteiger partial charge in [-0.3, -0.25) is 18.6 Å². The van der Waals surface area contributed by atoms with Crippen molar-refractivity contribution in [2.45, 2.75) is 180 Å². The second-order valence-electron chi connectivity index (χ2n) is 14.3. The van der Waals surface area contributed by atoms with E-state index in [1.807, 2.05) is 0 Å². The Hall–Kier alpha value is -2.55. The van der Waals surface area contributed by atoms with Gasteiger partial charge in [0.15, 0.2) is 0 Å². The quantitative estimate of drug-likeness (QED) is 0.0241. The number of carbonyl (C=O) groups excluding carboxylic acids is 2. The molecule has 1 amide bonds. The van der Waals surface area contributed by atoms with Gasteiger partial charge in [0.2, 0.25) is 5.91 Å². The molecule has 0 bridgehead atoms. The molecule has 0 rings (SSSR count). The number of allylic oxidation sites excluding steroid dienone is 12. The highest BCUT2D eigenvalue weighted by Crippen LogP contribution is 2.42. The Labute approximate surface area is 341 Å². The molecule has 10 heteroatoms. The third kappa shape index (κ3) is 42.6. The average molecular weight is 806 g/mol. The largest absolute Gasteiger partial charge is 0.472 e. The topological polar surface area (TPSA) is 131 Å². The zero-order valence-electron chi connectivity index (χ0n) is 35.3. The molecule has 0 saturated carbocycles. The van der Waals surface area contributed by atoms with E-state index < -0.39 is 26.5 Å². The van der Waals surface area contributed by atoms with Crippen LogP contribution in [0.15, 0.2) is 72.9 Å². The van der Waals surface area contributed by atoms with Crippen molar-refractivity contribution in [3.63, 3.8) is 0 Å². The summed E-state index contributed by atoms with van der Waals surface area (Å²) in [7, 11) is -4.43. The van der Waals surface area contributed by atoms with Crippen molar-refractivity contribution in [1.29, 1.82) is 0 Å². The van der Waals surface area contributed by atoms with Crippen LogP contribution in [0.25, 0.3) is 0 Å². The van der Waals surface area contributed by atoms with Crippen LogP contribution < -0.4 is 5.32 Å². The van der Waals surface area contributed by atoms with Crippen LogP contribution in [-0.4, -0.2) is 54.3 Å². The maximum absolute atomic E-state index is 12.1. The molecule has 0 spiro atoms. The molecular weight excluding hydrogens is 725 g/mol. The number of carbonyl (C=O) groups is 2. The van der Waals surface area contributed by atoms with Crippen molar-refractivity contribution < 1.29 is 37.9 Å². The number of unbranched alkanes of at least 4 members (excludes halogenated alkanes) is 15. The minimum Gasteiger partial charge on any atom is -0.463 e. The number of phosphoric ester groups is 1. The summed E-state index contributed by atoms with van der Waals surface area (Å²) >= 11 is 0. The molecular formula is C46H80NO8P. The number of rotatable bonds is 40. The predicted octanol–water partition coefficient (Wildman–Crippen LogP) is 12.3. The number of hydrogen-bond acceptors (Lipinski definition) is 7. The molecule has 322 valence electrons. The number of hydrogen-bond donors (Lipinski definition) is 3. The first-order chi connectivity index (χ1) is 27.3. The highest BCUT2D eigenvalue weighted by molar-refractivity contribution is 7.47. The molecule has 2 unspecified atom stereocenters. The lowest BCUT2D eigenvalue weighted by atomic mass is 10.1. The molecule has 3 N–H and O–H groups in total. The number of amides is 1. The Bertz CT molecular complexity index is 1150. The van der Waals surface area contributed by atoms with Gasteiger partial charge in [0.25, 0.3) is 0 Å². The highest BCUT2D eigenvalue weighted by Gasteiger charge is 2.23. The molecule has 2 atom stereocenters. The van der Waals surface area contributed by atoms with Crippen LogP contribution in [0, 0.1) is 0 Å². The zero-order chi connectivity index (χ0) is 41.1. The molecule has 0 aliphatic heterocycles. The summed E-state index contributed by atoms with van der Waals surface area (Å²) in [6.45, 7) is 3.44. The molecule has 9 nitrogen and oxygen atoms in total. The van der Waals surface area contributed by atoms with Crippen LogP contribution in [0.2, 0.25) is 0 Å². The normalized spacial score (nSPS) is 14.0. The monoisotopic (exact) mass is 806 g/mol. The molecule has 0 radical (unpaired) electrons. The molecule has 0 heterocycles. The summed E-state index contributed by atoms with van der Waals surface area (Å²) in [5, 5.41) is 12.7. The Kier molecular flexibility index (Phi) is 40.2. The Morgan fingerprint density at radius 3 is 1.50 bits per heavy atom. The van der Waals surface area contributed by atoms with Crippen molar-refractivity contribution in [1.82, 2.24) is 5.32 Å². The Morgan fingerprint density at radius 1 is 0.554 bits per heavy atom. The highest BCUT2D eigenvalue weighted by atomic mass is 31.2. The number of nitrogens with one attached hydrogen (secondary N) is 1. The fourth-order valence-corrected chi connectivity index (χ4v) is 6.27. The van der Waals surface area contributed by atoms with Gasteiger partial charge in [0.05, 0.1) is 13.2 Å². The lowest BCUT2D eigenvalue weighted by Crippen LogP contribution is -2.27. The average Bonchev–Trinajstić information content (AvgIpc) is 3.18. The number of ether oxygens (including phenoxy) is 1. The minimum absolute atomic E-state index is 0.0589. The van der Waals surface area contributed by atoms with Gasteiger partial charge in [-0.05, 0) is 89.9 Å². The van der Waals surface area contributed by atoms with Crippen LogP contribution in [0.3, 0.4) is 0 Å². The van der Waals surface area contributed by atoms with Crippen LogP contribution in [0.5, 0.6) is 0 Å². The fourth-order valence-electron chi connectivity index (χ4n) is 5.51. The SMILES string of the molecule is CCCCC/C=C\C/C=C\C/C=C\C/C=C\CCCCCC(=O)NCCOP(=O)(O)OCC(O)COC(=O)CCCCCCC/C=C\C/C=C\CCCCCC. The van der Waals surface area contributed by atoms with Gasteiger partial charge >= 0.3 is 13.8 Å². The van der Waals surface area contributed by atoms with Gasteiger partial charge in [-0.25, -0.2) is 4.57 Å². The van der Waals surface area contributed by atoms with Crippen molar-refractivity contribution >= 4 is 19.7 Å². The van der Waals surface area contributed by atoms with Crippen LogP contribution in [-0.2, 0) is 27.9 Å². The second kappa shape index (κ2) is 42.1. The van der Waals surface area contributed by atoms with Gasteiger partial charge in [-0.2, -0.15) is 0 Å². The lowest BCUT2D eigenvalue weighted by molar-refractivity contribution is -0.147. The minimum atomic E-state index is -4.43. The van der Waals surface area contributed by atoms with E-state index in [2.05, 4.69) is 92.1 Å². The van der Waals surface area contributed by atoms with E-state index >= 15 is 0 Å². The fraction of sp³-hybridized carbons (Fsp3) is 0.696. The van der Waals surface area contributed by atoms with Gasteiger partial charge in [-0.15, -0.1) is 0 Å². The van der Waals surface area contributed by atoms with E-state index in [4.69, 9.17) is 13.8 Å². The molecule has 0 aliphatic carbocycles. The van der Waals surface area contributed by atoms with Gasteiger partial charge in [0.1, 0.15) is 12.7 Å². The van der Waals surface area contributed by atoms with E-state index in [1.54, 1.807) is 0 Å². The van der Waals surface area contributed by atoms with Gasteiger partial charge in [0, 0.05) is 19.4 Å². The van der Waals surface area contributed by atoms with Crippen LogP contribution in [0.1, 0.15) is 174 Å². The van der Waals surface area contributed by atoms with E-state index in [9.17, 15) is 24.2 Å². The second-order valence-corrected chi connectivity index (χ2v) is 15.8. The summed E-state index contributed by atoms with van der Waals surface area (Å²) in [5.74, 6) is -0.566. The molecule has 0 saturated heterocycles. The van der Waals surface area contributed by atoms with E-state index in [1.165, 1.54) is 57.8 Å². The number of aliphatic hydroxyl groups is 1. The summed E-state index contributed by atoms with van der Waals surface area (Å²) in [5.41, 5.74) is 0. The molecule has 0 aromatic heterocycles. The van der Waals surface area contributed by atoms with E-state index in [0.717, 1.165) is 83.5 Å². The Morgan fingerprint density at radius 2 is 0.964 bits per heavy atom. The van der Waals surface area contributed by atoms with Crippen molar-refractivity contribution in [3.05, 3.63) is 72.9 Å². The van der Waals surface area contributed by atoms with Crippen molar-refractivity contribution in [2.75, 3.05) is 26.4 Å². The standard InChI is InChI=1S/C46H80NO8P/c1-3-5-7-9-11-13-15-17-19-21-22-23-24-26-28-30-32-34-36-38-45(49)47-40-41-54-56(51,52)55-43-44(48)42-53-46(50)39-37-35-33-31-29-27-25-20-18-16-14-12-10-8-6-4-2/h11,13-14,16-17,19-20,22-23,25-26,28,44,48H,3-10,12,15,18,21,24,27,29-43H2,1-2H3,(H,47,49)(H,51,52)/b13-11-,16-14-,19-17-,23-22-,25-20-,28-26-. The first kappa shape index (κ1) is 53.5. The third-order valence-corrected chi connectivity index (χ3v) is 9.84. The molecule has 0 fully saturated rings. The lowest BCUT2D eigenvalue weighted by Gasteiger charge is -2.15. The summed E-state index contributed by atoms with van der Waals surface area (Å²) in [6.07, 6.45) is 51.1. The maximum atomic E-state index is 12.1. The van der Waals surface area contributed by atoms with Crippen molar-refractivity contribution in [3.8, 4) is 0 Å². The Balaban J connectivity index is 3.69. The van der Waals surface area contributed by atoms with Gasteiger partial charge in [-0.1, -0.05) is 145 Å². The maximum Gasteiger partial charge on any atom is 0.472 e.